The maximum Gasteiger partial charge on any atom is 0.348 e. The largest absolute Gasteiger partial charge is 0.465 e. The summed E-state index contributed by atoms with van der Waals surface area (Å²) in [6.07, 6.45) is -2.85. The first-order chi connectivity index (χ1) is 12.9. The van der Waals surface area contributed by atoms with E-state index in [4.69, 9.17) is 14.2 Å². The van der Waals surface area contributed by atoms with Gasteiger partial charge in [0.2, 0.25) is 5.67 Å². The van der Waals surface area contributed by atoms with E-state index in [1.54, 1.807) is 30.3 Å². The highest BCUT2D eigenvalue weighted by atomic mass is 19.1. The number of methoxy groups -OCH3 is 1. The summed E-state index contributed by atoms with van der Waals surface area (Å²) in [5, 5.41) is 0. The minimum Gasteiger partial charge on any atom is -0.465 e. The molecule has 0 aliphatic carbocycles. The van der Waals surface area contributed by atoms with Gasteiger partial charge in [0.05, 0.1) is 18.2 Å². The van der Waals surface area contributed by atoms with Crippen LogP contribution >= 0.6 is 0 Å². The molecule has 0 amide bonds. The Labute approximate surface area is 154 Å². The summed E-state index contributed by atoms with van der Waals surface area (Å²) in [6, 6.07) is 14.1. The second-order valence-corrected chi connectivity index (χ2v) is 6.17. The number of hydrogen-bond acceptors (Lipinski definition) is 6. The van der Waals surface area contributed by atoms with Crippen LogP contribution < -0.4 is 0 Å². The van der Waals surface area contributed by atoms with Crippen molar-refractivity contribution in [2.24, 2.45) is 0 Å². The summed E-state index contributed by atoms with van der Waals surface area (Å²) < 4.78 is 30.2. The van der Waals surface area contributed by atoms with Crippen LogP contribution in [0.4, 0.5) is 4.39 Å². The first kappa shape index (κ1) is 18.6. The Balaban J connectivity index is 1.99. The van der Waals surface area contributed by atoms with Crippen molar-refractivity contribution in [2.45, 2.75) is 24.8 Å². The second-order valence-electron chi connectivity index (χ2n) is 6.17. The van der Waals surface area contributed by atoms with Gasteiger partial charge >= 0.3 is 17.9 Å². The monoisotopic (exact) mass is 372 g/mol. The summed E-state index contributed by atoms with van der Waals surface area (Å²) >= 11 is 0. The summed E-state index contributed by atoms with van der Waals surface area (Å²) in [5.41, 5.74) is -2.08. The molecule has 27 heavy (non-hydrogen) atoms. The molecule has 1 fully saturated rings. The quantitative estimate of drug-likeness (QED) is 0.606. The van der Waals surface area contributed by atoms with Crippen LogP contribution in [0.3, 0.4) is 0 Å². The minimum absolute atomic E-state index is 0.0938. The average molecular weight is 372 g/mol. The van der Waals surface area contributed by atoms with E-state index < -0.39 is 35.8 Å². The molecular weight excluding hydrogens is 355 g/mol. The second kappa shape index (κ2) is 7.19. The van der Waals surface area contributed by atoms with Gasteiger partial charge in [-0.15, -0.1) is 0 Å². The van der Waals surface area contributed by atoms with Crippen LogP contribution in [0.1, 0.15) is 39.3 Å². The van der Waals surface area contributed by atoms with Crippen molar-refractivity contribution in [1.82, 2.24) is 0 Å². The lowest BCUT2D eigenvalue weighted by molar-refractivity contribution is -0.149. The van der Waals surface area contributed by atoms with E-state index in [0.29, 0.717) is 0 Å². The molecule has 1 aliphatic heterocycles. The fraction of sp³-hybridized carbons (Fsp3) is 0.250. The van der Waals surface area contributed by atoms with Gasteiger partial charge in [0.15, 0.2) is 12.2 Å². The van der Waals surface area contributed by atoms with Crippen LogP contribution in [0, 0.1) is 0 Å². The zero-order valence-corrected chi connectivity index (χ0v) is 14.7. The van der Waals surface area contributed by atoms with Gasteiger partial charge in [-0.3, -0.25) is 0 Å². The number of cyclic esters (lactones) is 1. The maximum atomic E-state index is 15.0. The Hall–Kier alpha value is -3.22. The van der Waals surface area contributed by atoms with Gasteiger partial charge < -0.3 is 14.2 Å². The molecule has 2 aromatic carbocycles. The SMILES string of the molecule is COC(=O)c1ccccc1[C@H]1OC(=O)[C@](C)(F)[C@H]1OC(=O)c1ccccc1. The van der Waals surface area contributed by atoms with Crippen molar-refractivity contribution < 1.29 is 33.0 Å². The van der Waals surface area contributed by atoms with Crippen LogP contribution in [0.15, 0.2) is 54.6 Å². The molecule has 1 heterocycles. The molecule has 0 saturated carbocycles. The molecule has 6 nitrogen and oxygen atoms in total. The Morgan fingerprint density at radius 3 is 2.33 bits per heavy atom. The highest BCUT2D eigenvalue weighted by molar-refractivity contribution is 5.93. The molecule has 3 rings (SSSR count). The smallest absolute Gasteiger partial charge is 0.348 e. The van der Waals surface area contributed by atoms with Crippen LogP contribution in [-0.4, -0.2) is 36.8 Å². The van der Waals surface area contributed by atoms with Crippen molar-refractivity contribution in [3.05, 3.63) is 71.3 Å². The molecule has 1 aliphatic rings. The van der Waals surface area contributed by atoms with Crippen molar-refractivity contribution in [3.8, 4) is 0 Å². The summed E-state index contributed by atoms with van der Waals surface area (Å²) in [6.45, 7) is 0.985. The van der Waals surface area contributed by atoms with Crippen molar-refractivity contribution in [3.63, 3.8) is 0 Å². The van der Waals surface area contributed by atoms with E-state index in [1.807, 2.05) is 0 Å². The number of halogens is 1. The van der Waals surface area contributed by atoms with Crippen LogP contribution in [0.25, 0.3) is 0 Å². The topological polar surface area (TPSA) is 78.9 Å². The summed E-state index contributed by atoms with van der Waals surface area (Å²) in [4.78, 5) is 36.5. The number of rotatable bonds is 4. The Morgan fingerprint density at radius 1 is 1.04 bits per heavy atom. The van der Waals surface area contributed by atoms with Gasteiger partial charge in [-0.2, -0.15) is 0 Å². The van der Waals surface area contributed by atoms with E-state index >= 15 is 4.39 Å². The molecule has 1 saturated heterocycles. The predicted molar refractivity (Wildman–Crippen MR) is 91.8 cm³/mol. The lowest BCUT2D eigenvalue weighted by atomic mass is 9.92. The van der Waals surface area contributed by atoms with Gasteiger partial charge in [0.1, 0.15) is 0 Å². The molecule has 0 spiro atoms. The third-order valence-corrected chi connectivity index (χ3v) is 4.36. The third kappa shape index (κ3) is 3.40. The highest BCUT2D eigenvalue weighted by Crippen LogP contribution is 2.42. The third-order valence-electron chi connectivity index (χ3n) is 4.36. The van der Waals surface area contributed by atoms with Crippen molar-refractivity contribution in [1.29, 1.82) is 0 Å². The van der Waals surface area contributed by atoms with E-state index in [-0.39, 0.29) is 16.7 Å². The molecule has 0 radical (unpaired) electrons. The minimum atomic E-state index is -2.57. The lowest BCUT2D eigenvalue weighted by Gasteiger charge is -2.24. The fourth-order valence-electron chi connectivity index (χ4n) is 2.89. The summed E-state index contributed by atoms with van der Waals surface area (Å²) in [5.74, 6) is -2.65. The Morgan fingerprint density at radius 2 is 1.67 bits per heavy atom. The maximum absolute atomic E-state index is 15.0. The van der Waals surface area contributed by atoms with E-state index in [1.165, 1.54) is 31.4 Å². The van der Waals surface area contributed by atoms with Crippen LogP contribution in [0.5, 0.6) is 0 Å². The van der Waals surface area contributed by atoms with E-state index in [2.05, 4.69) is 0 Å². The van der Waals surface area contributed by atoms with Crippen molar-refractivity contribution >= 4 is 17.9 Å². The summed E-state index contributed by atoms with van der Waals surface area (Å²) in [7, 11) is 1.20. The van der Waals surface area contributed by atoms with Gasteiger partial charge in [-0.05, 0) is 25.1 Å². The molecule has 2 aromatic rings. The molecule has 0 bridgehead atoms. The van der Waals surface area contributed by atoms with Crippen molar-refractivity contribution in [2.75, 3.05) is 7.11 Å². The van der Waals surface area contributed by atoms with Gasteiger partial charge in [0.25, 0.3) is 0 Å². The zero-order valence-electron chi connectivity index (χ0n) is 14.7. The lowest BCUT2D eigenvalue weighted by Crippen LogP contribution is -2.40. The predicted octanol–water partition coefficient (Wildman–Crippen LogP) is 3.02. The molecule has 0 N–H and O–H groups in total. The molecule has 0 aromatic heterocycles. The van der Waals surface area contributed by atoms with E-state index in [0.717, 1.165) is 6.92 Å². The van der Waals surface area contributed by atoms with E-state index in [9.17, 15) is 14.4 Å². The van der Waals surface area contributed by atoms with Crippen LogP contribution in [0.2, 0.25) is 0 Å². The highest BCUT2D eigenvalue weighted by Gasteiger charge is 2.59. The van der Waals surface area contributed by atoms with Crippen LogP contribution in [-0.2, 0) is 19.0 Å². The molecule has 0 unspecified atom stereocenters. The molecular formula is C20H17FO6. The first-order valence-electron chi connectivity index (χ1n) is 8.19. The van der Waals surface area contributed by atoms with Gasteiger partial charge in [-0.1, -0.05) is 36.4 Å². The standard InChI is InChI=1S/C20H17FO6/c1-20(21)16(27-17(22)12-8-4-3-5-9-12)15(26-19(20)24)13-10-6-7-11-14(13)18(23)25-2/h3-11,15-16H,1-2H3/t15-,16+,20-/m1/s1. The number of hydrogen-bond donors (Lipinski definition) is 0. The first-order valence-corrected chi connectivity index (χ1v) is 8.19. The van der Waals surface area contributed by atoms with Gasteiger partial charge in [0, 0.05) is 5.56 Å². The molecule has 3 atom stereocenters. The Kier molecular flexibility index (Phi) is 4.94. The number of esters is 3. The number of carbonyl (C=O) groups excluding carboxylic acids is 3. The number of alkyl halides is 1. The number of carbonyl (C=O) groups is 3. The fourth-order valence-corrected chi connectivity index (χ4v) is 2.89. The number of ether oxygens (including phenoxy) is 3. The normalized spacial score (nSPS) is 24.2. The number of benzene rings is 2. The zero-order chi connectivity index (χ0) is 19.6. The van der Waals surface area contributed by atoms with Gasteiger partial charge in [-0.25, -0.2) is 18.8 Å². The Bertz CT molecular complexity index is 877. The molecule has 7 heteroatoms. The average Bonchev–Trinajstić information content (AvgIpc) is 2.91. The molecule has 140 valence electrons.